The molecular weight excluding hydrogens is 268 g/mol. The van der Waals surface area contributed by atoms with Gasteiger partial charge in [0.1, 0.15) is 0 Å². The molecule has 7 heteroatoms. The first-order chi connectivity index (χ1) is 8.95. The minimum atomic E-state index is -3.28. The van der Waals surface area contributed by atoms with Crippen molar-refractivity contribution in [2.24, 2.45) is 0 Å². The predicted octanol–water partition coefficient (Wildman–Crippen LogP) is 0.343. The maximum absolute atomic E-state index is 12.0. The van der Waals surface area contributed by atoms with Crippen LogP contribution in [0.3, 0.4) is 0 Å². The Hall–Kier alpha value is -0.660. The molecule has 1 saturated heterocycles. The lowest BCUT2D eigenvalue weighted by molar-refractivity contribution is -0.140. The van der Waals surface area contributed by atoms with Crippen molar-refractivity contribution in [3.63, 3.8) is 0 Å². The summed E-state index contributed by atoms with van der Waals surface area (Å²) in [5.74, 6) is -0.377. The molecule has 1 atom stereocenters. The van der Waals surface area contributed by atoms with Gasteiger partial charge in [-0.1, -0.05) is 6.42 Å². The number of nitrogens with one attached hydrogen (secondary N) is 1. The summed E-state index contributed by atoms with van der Waals surface area (Å²) in [5.41, 5.74) is 0. The number of ether oxygens (including phenoxy) is 1. The predicted molar refractivity (Wildman–Crippen MR) is 73.3 cm³/mol. The summed E-state index contributed by atoms with van der Waals surface area (Å²) >= 11 is 0. The summed E-state index contributed by atoms with van der Waals surface area (Å²) in [6.45, 7) is 1.46. The van der Waals surface area contributed by atoms with Gasteiger partial charge in [-0.25, -0.2) is 12.7 Å². The number of nitrogens with zero attached hydrogens (tertiary/aromatic N) is 1. The topological polar surface area (TPSA) is 75.7 Å². The molecule has 0 aromatic heterocycles. The number of methoxy groups -OCH3 is 1. The van der Waals surface area contributed by atoms with Crippen LogP contribution in [0.5, 0.6) is 0 Å². The second-order valence-corrected chi connectivity index (χ2v) is 7.12. The van der Waals surface area contributed by atoms with E-state index in [4.69, 9.17) is 0 Å². The minimum absolute atomic E-state index is 0.00861. The van der Waals surface area contributed by atoms with Gasteiger partial charge in [0.05, 0.1) is 12.9 Å². The summed E-state index contributed by atoms with van der Waals surface area (Å²) in [6.07, 6.45) is 3.77. The molecule has 1 aliphatic heterocycles. The fourth-order valence-electron chi connectivity index (χ4n) is 2.16. The molecule has 0 aliphatic carbocycles. The van der Waals surface area contributed by atoms with Gasteiger partial charge in [0.15, 0.2) is 0 Å². The zero-order valence-corrected chi connectivity index (χ0v) is 12.5. The van der Waals surface area contributed by atoms with Crippen molar-refractivity contribution in [2.75, 3.05) is 33.0 Å². The first kappa shape index (κ1) is 16.4. The van der Waals surface area contributed by atoms with Crippen molar-refractivity contribution in [1.29, 1.82) is 0 Å². The smallest absolute Gasteiger partial charge is 0.305 e. The van der Waals surface area contributed by atoms with Gasteiger partial charge in [-0.2, -0.15) is 0 Å². The van der Waals surface area contributed by atoms with Crippen LogP contribution in [0.2, 0.25) is 0 Å². The van der Waals surface area contributed by atoms with Crippen LogP contribution in [0.1, 0.15) is 32.1 Å². The summed E-state index contributed by atoms with van der Waals surface area (Å²) < 4.78 is 29.9. The van der Waals surface area contributed by atoms with Crippen LogP contribution in [-0.4, -0.2) is 57.7 Å². The number of carbonyl (C=O) groups excluding carboxylic acids is 1. The summed E-state index contributed by atoms with van der Waals surface area (Å²) in [5, 5.41) is 3.33. The molecule has 1 heterocycles. The van der Waals surface area contributed by atoms with E-state index < -0.39 is 10.0 Å². The van der Waals surface area contributed by atoms with E-state index in [1.54, 1.807) is 7.05 Å². The van der Waals surface area contributed by atoms with Gasteiger partial charge >= 0.3 is 5.97 Å². The first-order valence-electron chi connectivity index (χ1n) is 6.70. The molecule has 112 valence electrons. The molecule has 0 aromatic rings. The lowest BCUT2D eigenvalue weighted by Gasteiger charge is -2.27. The third-order valence-corrected chi connectivity index (χ3v) is 5.28. The molecule has 0 bridgehead atoms. The van der Waals surface area contributed by atoms with Gasteiger partial charge < -0.3 is 10.1 Å². The van der Waals surface area contributed by atoms with Gasteiger partial charge in [-0.3, -0.25) is 4.79 Å². The second-order valence-electron chi connectivity index (χ2n) is 4.92. The zero-order chi connectivity index (χ0) is 14.3. The number of likely N-dealkylation sites (N-methyl/N-ethyl adjacent to an activating group) is 1. The number of piperidine rings is 1. The van der Waals surface area contributed by atoms with E-state index in [1.165, 1.54) is 11.4 Å². The van der Waals surface area contributed by atoms with Gasteiger partial charge in [-0.05, 0) is 25.8 Å². The number of sulfonamides is 1. The van der Waals surface area contributed by atoms with Crippen LogP contribution in [0.4, 0.5) is 0 Å². The van der Waals surface area contributed by atoms with Crippen LogP contribution in [0.15, 0.2) is 0 Å². The number of esters is 1. The monoisotopic (exact) mass is 292 g/mol. The van der Waals surface area contributed by atoms with Crippen molar-refractivity contribution in [3.05, 3.63) is 0 Å². The highest BCUT2D eigenvalue weighted by Gasteiger charge is 2.22. The van der Waals surface area contributed by atoms with Crippen LogP contribution in [0, 0.1) is 0 Å². The molecule has 0 spiro atoms. The van der Waals surface area contributed by atoms with Crippen LogP contribution in [-0.2, 0) is 19.6 Å². The van der Waals surface area contributed by atoms with Crippen LogP contribution >= 0.6 is 0 Å². The molecule has 1 unspecified atom stereocenters. The minimum Gasteiger partial charge on any atom is -0.469 e. The van der Waals surface area contributed by atoms with Gasteiger partial charge in [0.2, 0.25) is 10.0 Å². The Balaban J connectivity index is 2.35. The Labute approximate surface area is 115 Å². The molecule has 1 aliphatic rings. The molecule has 1 rings (SSSR count). The molecule has 1 fully saturated rings. The Morgan fingerprint density at radius 3 is 2.74 bits per heavy atom. The van der Waals surface area contributed by atoms with Crippen molar-refractivity contribution in [2.45, 2.75) is 38.1 Å². The highest BCUT2D eigenvalue weighted by atomic mass is 32.2. The van der Waals surface area contributed by atoms with E-state index in [9.17, 15) is 13.2 Å². The summed E-state index contributed by atoms with van der Waals surface area (Å²) in [4.78, 5) is 10.9. The SMILES string of the molecule is COC(=O)CCCS(=O)(=O)N(C)CC1CCCCN1. The third-order valence-electron chi connectivity index (χ3n) is 3.38. The molecular formula is C12H24N2O4S. The quantitative estimate of drug-likeness (QED) is 0.685. The van der Waals surface area contributed by atoms with Crippen LogP contribution < -0.4 is 5.32 Å². The van der Waals surface area contributed by atoms with Crippen molar-refractivity contribution < 1.29 is 17.9 Å². The van der Waals surface area contributed by atoms with E-state index in [0.29, 0.717) is 13.0 Å². The lowest BCUT2D eigenvalue weighted by atomic mass is 10.1. The van der Waals surface area contributed by atoms with Crippen molar-refractivity contribution >= 4 is 16.0 Å². The highest BCUT2D eigenvalue weighted by Crippen LogP contribution is 2.11. The second kappa shape index (κ2) is 7.81. The average molecular weight is 292 g/mol. The molecule has 6 nitrogen and oxygen atoms in total. The average Bonchev–Trinajstić information content (AvgIpc) is 2.39. The normalized spacial score (nSPS) is 20.5. The van der Waals surface area contributed by atoms with Crippen molar-refractivity contribution in [1.82, 2.24) is 9.62 Å². The largest absolute Gasteiger partial charge is 0.469 e. The van der Waals surface area contributed by atoms with E-state index >= 15 is 0 Å². The highest BCUT2D eigenvalue weighted by molar-refractivity contribution is 7.89. The van der Waals surface area contributed by atoms with Crippen LogP contribution in [0.25, 0.3) is 0 Å². The van der Waals surface area contributed by atoms with Gasteiger partial charge in [-0.15, -0.1) is 0 Å². The van der Waals surface area contributed by atoms with E-state index in [2.05, 4.69) is 10.1 Å². The maximum Gasteiger partial charge on any atom is 0.305 e. The number of carbonyl (C=O) groups is 1. The fourth-order valence-corrected chi connectivity index (χ4v) is 3.39. The standard InChI is InChI=1S/C12H24N2O4S/c1-14(10-11-6-3-4-8-13-11)19(16,17)9-5-7-12(15)18-2/h11,13H,3-10H2,1-2H3. The Morgan fingerprint density at radius 2 is 2.16 bits per heavy atom. The molecule has 0 amide bonds. The number of rotatable bonds is 7. The molecule has 19 heavy (non-hydrogen) atoms. The molecule has 0 aromatic carbocycles. The van der Waals surface area contributed by atoms with Crippen molar-refractivity contribution in [3.8, 4) is 0 Å². The van der Waals surface area contributed by atoms with E-state index in [1.807, 2.05) is 0 Å². The Morgan fingerprint density at radius 1 is 1.42 bits per heavy atom. The molecule has 1 N–H and O–H groups in total. The lowest BCUT2D eigenvalue weighted by Crippen LogP contribution is -2.44. The maximum atomic E-state index is 12.0. The van der Waals surface area contributed by atoms with E-state index in [0.717, 1.165) is 25.8 Å². The summed E-state index contributed by atoms with van der Waals surface area (Å²) in [7, 11) is -0.374. The number of hydrogen-bond donors (Lipinski definition) is 1. The fraction of sp³-hybridized carbons (Fsp3) is 0.917. The number of hydrogen-bond acceptors (Lipinski definition) is 5. The zero-order valence-electron chi connectivity index (χ0n) is 11.7. The Bertz CT molecular complexity index is 377. The molecule has 0 saturated carbocycles. The first-order valence-corrected chi connectivity index (χ1v) is 8.31. The van der Waals surface area contributed by atoms with E-state index in [-0.39, 0.29) is 24.2 Å². The Kier molecular flexibility index (Phi) is 6.74. The van der Waals surface area contributed by atoms with Gasteiger partial charge in [0, 0.05) is 26.1 Å². The van der Waals surface area contributed by atoms with Gasteiger partial charge in [0.25, 0.3) is 0 Å². The third kappa shape index (κ3) is 5.88. The molecule has 0 radical (unpaired) electrons. The summed E-state index contributed by atoms with van der Waals surface area (Å²) in [6, 6.07) is 0.245.